The Morgan fingerprint density at radius 1 is 1.47 bits per heavy atom. The van der Waals surface area contributed by atoms with Crippen LogP contribution in [-0.2, 0) is 9.84 Å². The van der Waals surface area contributed by atoms with Crippen molar-refractivity contribution < 1.29 is 8.42 Å². The van der Waals surface area contributed by atoms with Gasteiger partial charge in [-0.25, -0.2) is 13.4 Å². The second-order valence-corrected chi connectivity index (χ2v) is 7.46. The lowest BCUT2D eigenvalue weighted by Crippen LogP contribution is -2.38. The Kier molecular flexibility index (Phi) is 3.66. The summed E-state index contributed by atoms with van der Waals surface area (Å²) in [6, 6.07) is 1.80. The summed E-state index contributed by atoms with van der Waals surface area (Å²) in [6.07, 6.45) is 2.79. The van der Waals surface area contributed by atoms with E-state index in [9.17, 15) is 8.42 Å². The number of pyridine rings is 1. The zero-order valence-electron chi connectivity index (χ0n) is 10.6. The number of anilines is 2. The molecule has 1 aromatic rings. The largest absolute Gasteiger partial charge is 0.397 e. The smallest absolute Gasteiger partial charge is 0.154 e. The number of hydrogen-bond acceptors (Lipinski definition) is 5. The van der Waals surface area contributed by atoms with Gasteiger partial charge >= 0.3 is 0 Å². The van der Waals surface area contributed by atoms with Crippen LogP contribution in [0, 0.1) is 6.92 Å². The van der Waals surface area contributed by atoms with Gasteiger partial charge in [0.2, 0.25) is 0 Å². The Labute approximate surface area is 102 Å². The molecular formula is C11H19N3O2S. The van der Waals surface area contributed by atoms with E-state index >= 15 is 0 Å². The Bertz CT molecular complexity index is 509. The number of nitrogens with one attached hydrogen (secondary N) is 1. The van der Waals surface area contributed by atoms with Crippen LogP contribution >= 0.6 is 0 Å². The van der Waals surface area contributed by atoms with E-state index in [4.69, 9.17) is 5.73 Å². The van der Waals surface area contributed by atoms with Crippen molar-refractivity contribution in [2.24, 2.45) is 0 Å². The molecule has 1 heterocycles. The van der Waals surface area contributed by atoms with Crippen molar-refractivity contribution in [3.8, 4) is 0 Å². The molecule has 5 nitrogen and oxygen atoms in total. The minimum atomic E-state index is -3.11. The van der Waals surface area contributed by atoms with Crippen molar-refractivity contribution in [1.82, 2.24) is 4.98 Å². The summed E-state index contributed by atoms with van der Waals surface area (Å²) in [7, 11) is -3.11. The van der Waals surface area contributed by atoms with Gasteiger partial charge in [-0.3, -0.25) is 0 Å². The van der Waals surface area contributed by atoms with E-state index in [-0.39, 0.29) is 0 Å². The first-order chi connectivity index (χ1) is 7.63. The van der Waals surface area contributed by atoms with Gasteiger partial charge in [-0.1, -0.05) is 0 Å². The number of sulfone groups is 1. The average molecular weight is 257 g/mol. The highest BCUT2D eigenvalue weighted by Crippen LogP contribution is 2.18. The standard InChI is InChI=1S/C11H19N3O2S/c1-8-5-10(13-6-9(8)12)14-7-11(2,3)17(4,15)16/h5-6H,7,12H2,1-4H3,(H,13,14). The summed E-state index contributed by atoms with van der Waals surface area (Å²) in [5.74, 6) is 0.633. The Morgan fingerprint density at radius 3 is 2.53 bits per heavy atom. The molecule has 0 atom stereocenters. The molecule has 0 aromatic carbocycles. The number of nitrogens with zero attached hydrogens (tertiary/aromatic N) is 1. The van der Waals surface area contributed by atoms with Crippen LogP contribution in [0.1, 0.15) is 19.4 Å². The highest BCUT2D eigenvalue weighted by atomic mass is 32.2. The Morgan fingerprint density at radius 2 is 2.06 bits per heavy atom. The minimum absolute atomic E-state index is 0.308. The molecule has 0 aliphatic carbocycles. The van der Waals surface area contributed by atoms with E-state index in [1.165, 1.54) is 6.26 Å². The summed E-state index contributed by atoms with van der Waals surface area (Å²) in [4.78, 5) is 4.09. The molecular weight excluding hydrogens is 238 g/mol. The van der Waals surface area contributed by atoms with Crippen molar-refractivity contribution in [2.45, 2.75) is 25.5 Å². The summed E-state index contributed by atoms with van der Waals surface area (Å²) in [6.45, 7) is 5.55. The van der Waals surface area contributed by atoms with Crippen LogP contribution in [0.25, 0.3) is 0 Å². The van der Waals surface area contributed by atoms with Crippen LogP contribution in [-0.4, -0.2) is 30.9 Å². The van der Waals surface area contributed by atoms with Gasteiger partial charge in [-0.2, -0.15) is 0 Å². The second kappa shape index (κ2) is 4.52. The number of nitrogen functional groups attached to an aromatic ring is 1. The zero-order valence-corrected chi connectivity index (χ0v) is 11.4. The fourth-order valence-electron chi connectivity index (χ4n) is 1.10. The molecule has 6 heteroatoms. The fourth-order valence-corrected chi connectivity index (χ4v) is 1.43. The monoisotopic (exact) mass is 257 g/mol. The topological polar surface area (TPSA) is 85.1 Å². The van der Waals surface area contributed by atoms with Crippen LogP contribution in [0.5, 0.6) is 0 Å². The number of hydrogen-bond donors (Lipinski definition) is 2. The molecule has 0 radical (unpaired) electrons. The maximum absolute atomic E-state index is 11.5. The van der Waals surface area contributed by atoms with Crippen LogP contribution < -0.4 is 11.1 Å². The number of nitrogens with two attached hydrogens (primary N) is 1. The highest BCUT2D eigenvalue weighted by Gasteiger charge is 2.29. The van der Waals surface area contributed by atoms with Crippen LogP contribution in [0.2, 0.25) is 0 Å². The maximum Gasteiger partial charge on any atom is 0.154 e. The van der Waals surface area contributed by atoms with Gasteiger partial charge in [0.15, 0.2) is 9.84 Å². The third-order valence-corrected chi connectivity index (χ3v) is 5.00. The van der Waals surface area contributed by atoms with Gasteiger partial charge in [0, 0.05) is 12.8 Å². The molecule has 0 spiro atoms. The van der Waals surface area contributed by atoms with Crippen LogP contribution in [0.3, 0.4) is 0 Å². The molecule has 0 aliphatic rings. The van der Waals surface area contributed by atoms with Crippen molar-refractivity contribution in [2.75, 3.05) is 23.9 Å². The molecule has 0 amide bonds. The number of aromatic nitrogens is 1. The number of aryl methyl sites for hydroxylation is 1. The van der Waals surface area contributed by atoms with E-state index in [2.05, 4.69) is 10.3 Å². The van der Waals surface area contributed by atoms with Crippen molar-refractivity contribution in [3.05, 3.63) is 17.8 Å². The molecule has 1 aromatic heterocycles. The predicted molar refractivity (Wildman–Crippen MR) is 70.8 cm³/mol. The maximum atomic E-state index is 11.5. The molecule has 0 unspecified atom stereocenters. The predicted octanol–water partition coefficient (Wildman–Crippen LogP) is 1.21. The van der Waals surface area contributed by atoms with Crippen LogP contribution in [0.4, 0.5) is 11.5 Å². The van der Waals surface area contributed by atoms with Crippen molar-refractivity contribution in [1.29, 1.82) is 0 Å². The normalized spacial score (nSPS) is 12.5. The summed E-state index contributed by atoms with van der Waals surface area (Å²) in [5.41, 5.74) is 7.19. The van der Waals surface area contributed by atoms with Crippen molar-refractivity contribution in [3.63, 3.8) is 0 Å². The first-order valence-electron chi connectivity index (χ1n) is 5.29. The Hall–Kier alpha value is -1.30. The molecule has 0 bridgehead atoms. The van der Waals surface area contributed by atoms with E-state index in [1.807, 2.05) is 6.92 Å². The minimum Gasteiger partial charge on any atom is -0.397 e. The van der Waals surface area contributed by atoms with Crippen molar-refractivity contribution >= 4 is 21.3 Å². The molecule has 0 aliphatic heterocycles. The van der Waals surface area contributed by atoms with E-state index in [0.29, 0.717) is 18.1 Å². The fraction of sp³-hybridized carbons (Fsp3) is 0.545. The third-order valence-electron chi connectivity index (χ3n) is 2.85. The number of rotatable bonds is 4. The third kappa shape index (κ3) is 3.33. The van der Waals surface area contributed by atoms with Crippen LogP contribution in [0.15, 0.2) is 12.3 Å². The van der Waals surface area contributed by atoms with Gasteiger partial charge in [0.05, 0.1) is 16.6 Å². The van der Waals surface area contributed by atoms with E-state index < -0.39 is 14.6 Å². The van der Waals surface area contributed by atoms with Gasteiger partial charge < -0.3 is 11.1 Å². The molecule has 1 rings (SSSR count). The lowest BCUT2D eigenvalue weighted by atomic mass is 10.2. The first-order valence-corrected chi connectivity index (χ1v) is 7.18. The SMILES string of the molecule is Cc1cc(NCC(C)(C)S(C)(=O)=O)ncc1N. The van der Waals surface area contributed by atoms with E-state index in [0.717, 1.165) is 5.56 Å². The summed E-state index contributed by atoms with van der Waals surface area (Å²) >= 11 is 0. The molecule has 0 fully saturated rings. The zero-order chi connectivity index (χ0) is 13.3. The van der Waals surface area contributed by atoms with Gasteiger partial charge in [0.25, 0.3) is 0 Å². The molecule has 0 saturated heterocycles. The van der Waals surface area contributed by atoms with Gasteiger partial charge in [-0.15, -0.1) is 0 Å². The van der Waals surface area contributed by atoms with Gasteiger partial charge in [-0.05, 0) is 32.4 Å². The molecule has 3 N–H and O–H groups in total. The lowest BCUT2D eigenvalue weighted by molar-refractivity contribution is 0.559. The Balaban J connectivity index is 2.78. The quantitative estimate of drug-likeness (QED) is 0.846. The lowest BCUT2D eigenvalue weighted by Gasteiger charge is -2.23. The second-order valence-electron chi connectivity index (χ2n) is 4.81. The molecule has 96 valence electrons. The average Bonchev–Trinajstić information content (AvgIpc) is 2.18. The molecule has 0 saturated carbocycles. The first kappa shape index (κ1) is 13.8. The summed E-state index contributed by atoms with van der Waals surface area (Å²) in [5, 5.41) is 3.01. The highest BCUT2D eigenvalue weighted by molar-refractivity contribution is 7.92. The summed E-state index contributed by atoms with van der Waals surface area (Å²) < 4.78 is 22.2. The van der Waals surface area contributed by atoms with E-state index in [1.54, 1.807) is 26.1 Å². The molecule has 17 heavy (non-hydrogen) atoms. The van der Waals surface area contributed by atoms with Gasteiger partial charge in [0.1, 0.15) is 5.82 Å².